The number of nitro groups is 1. The maximum atomic E-state index is 12.9. The largest absolute Gasteiger partial charge is 0.496 e. The lowest BCUT2D eigenvalue weighted by Crippen LogP contribution is -2.15. The third kappa shape index (κ3) is 6.04. The van der Waals surface area contributed by atoms with E-state index in [4.69, 9.17) is 9.47 Å². The quantitative estimate of drug-likeness (QED) is 0.253. The van der Waals surface area contributed by atoms with Gasteiger partial charge >= 0.3 is 0 Å². The van der Waals surface area contributed by atoms with Crippen LogP contribution in [0, 0.1) is 17.0 Å². The van der Waals surface area contributed by atoms with Crippen molar-refractivity contribution >= 4 is 40.6 Å². The first kappa shape index (κ1) is 24.6. The summed E-state index contributed by atoms with van der Waals surface area (Å²) in [7, 11) is 2.96. The highest BCUT2D eigenvalue weighted by Gasteiger charge is 2.18. The number of carbonyl (C=O) groups excluding carboxylic acids is 2. The third-order valence-corrected chi connectivity index (χ3v) is 5.81. The van der Waals surface area contributed by atoms with Crippen LogP contribution in [0.4, 0.5) is 17.1 Å². The van der Waals surface area contributed by atoms with Gasteiger partial charge in [-0.25, -0.2) is 0 Å². The van der Waals surface area contributed by atoms with Crippen molar-refractivity contribution in [3.63, 3.8) is 0 Å². The van der Waals surface area contributed by atoms with Gasteiger partial charge in [-0.05, 0) is 48.9 Å². The summed E-state index contributed by atoms with van der Waals surface area (Å²) in [6.07, 6.45) is 0. The van der Waals surface area contributed by atoms with E-state index in [0.717, 1.165) is 4.90 Å². The summed E-state index contributed by atoms with van der Waals surface area (Å²) in [5, 5.41) is 16.5. The highest BCUT2D eigenvalue weighted by Crippen LogP contribution is 2.30. The topological polar surface area (TPSA) is 120 Å². The first-order valence-electron chi connectivity index (χ1n) is 10.1. The van der Waals surface area contributed by atoms with Gasteiger partial charge in [0.05, 0.1) is 24.9 Å². The molecule has 0 bridgehead atoms. The molecule has 0 aromatic heterocycles. The predicted octanol–water partition coefficient (Wildman–Crippen LogP) is 4.90. The number of methoxy groups -OCH3 is 2. The molecule has 0 aliphatic heterocycles. The second-order valence-electron chi connectivity index (χ2n) is 7.11. The fourth-order valence-electron chi connectivity index (χ4n) is 3.17. The Balaban J connectivity index is 1.64. The van der Waals surface area contributed by atoms with Crippen molar-refractivity contribution in [2.45, 2.75) is 11.8 Å². The Morgan fingerprint density at radius 1 is 0.971 bits per heavy atom. The Labute approximate surface area is 200 Å². The van der Waals surface area contributed by atoms with E-state index in [0.29, 0.717) is 28.4 Å². The molecule has 2 amide bonds. The minimum Gasteiger partial charge on any atom is -0.496 e. The zero-order chi connectivity index (χ0) is 24.7. The van der Waals surface area contributed by atoms with Gasteiger partial charge in [0.15, 0.2) is 0 Å². The molecule has 10 heteroatoms. The van der Waals surface area contributed by atoms with Gasteiger partial charge in [0.2, 0.25) is 5.91 Å². The minimum atomic E-state index is -0.482. The molecule has 3 aromatic carbocycles. The summed E-state index contributed by atoms with van der Waals surface area (Å²) in [6.45, 7) is 1.69. The average Bonchev–Trinajstić information content (AvgIpc) is 2.83. The Bertz CT molecular complexity index is 1210. The summed E-state index contributed by atoms with van der Waals surface area (Å²) in [5.41, 5.74) is 1.92. The Kier molecular flexibility index (Phi) is 8.10. The molecular formula is C24H23N3O6S. The van der Waals surface area contributed by atoms with Gasteiger partial charge in [-0.1, -0.05) is 12.1 Å². The first-order valence-corrected chi connectivity index (χ1v) is 11.1. The standard InChI is InChI=1S/C24H23N3O6S/c1-15-12-17(27(30)31)10-11-19(15)26-22(28)14-34-18-7-4-6-16(13-18)25-24(29)23-20(32-2)8-5-9-21(23)33-3/h4-13H,14H2,1-3H3,(H,25,29)(H,26,28). The normalized spacial score (nSPS) is 10.3. The van der Waals surface area contributed by atoms with Crippen molar-refractivity contribution in [3.8, 4) is 11.5 Å². The number of benzene rings is 3. The van der Waals surface area contributed by atoms with Crippen molar-refractivity contribution in [2.24, 2.45) is 0 Å². The Hall–Kier alpha value is -4.05. The van der Waals surface area contributed by atoms with Gasteiger partial charge in [-0.2, -0.15) is 0 Å². The van der Waals surface area contributed by atoms with Crippen LogP contribution in [0.25, 0.3) is 0 Å². The average molecular weight is 482 g/mol. The zero-order valence-corrected chi connectivity index (χ0v) is 19.6. The van der Waals surface area contributed by atoms with Crippen LogP contribution in [-0.4, -0.2) is 36.7 Å². The van der Waals surface area contributed by atoms with Crippen molar-refractivity contribution in [2.75, 3.05) is 30.6 Å². The van der Waals surface area contributed by atoms with E-state index in [-0.39, 0.29) is 28.8 Å². The number of hydrogen-bond acceptors (Lipinski definition) is 7. The van der Waals surface area contributed by atoms with Gasteiger partial charge in [0.25, 0.3) is 11.6 Å². The van der Waals surface area contributed by atoms with Crippen molar-refractivity contribution in [1.29, 1.82) is 0 Å². The minimum absolute atomic E-state index is 0.0329. The number of nitrogens with one attached hydrogen (secondary N) is 2. The maximum Gasteiger partial charge on any atom is 0.269 e. The van der Waals surface area contributed by atoms with Crippen LogP contribution < -0.4 is 20.1 Å². The van der Waals surface area contributed by atoms with E-state index in [1.165, 1.54) is 44.2 Å². The number of carbonyl (C=O) groups is 2. The number of nitro benzene ring substituents is 1. The SMILES string of the molecule is COc1cccc(OC)c1C(=O)Nc1cccc(SCC(=O)Nc2ccc([N+](=O)[O-])cc2C)c1. The molecule has 0 aliphatic rings. The second-order valence-corrected chi connectivity index (χ2v) is 8.16. The number of anilines is 2. The van der Waals surface area contributed by atoms with Crippen LogP contribution in [0.5, 0.6) is 11.5 Å². The number of hydrogen-bond donors (Lipinski definition) is 2. The van der Waals surface area contributed by atoms with Gasteiger partial charge in [0, 0.05) is 28.4 Å². The molecule has 34 heavy (non-hydrogen) atoms. The zero-order valence-electron chi connectivity index (χ0n) is 18.8. The number of nitrogens with zero attached hydrogens (tertiary/aromatic N) is 1. The molecule has 3 rings (SSSR count). The summed E-state index contributed by atoms with van der Waals surface area (Å²) < 4.78 is 10.6. The predicted molar refractivity (Wildman–Crippen MR) is 131 cm³/mol. The van der Waals surface area contributed by atoms with Crippen LogP contribution >= 0.6 is 11.8 Å². The van der Waals surface area contributed by atoms with E-state index < -0.39 is 4.92 Å². The molecule has 9 nitrogen and oxygen atoms in total. The monoisotopic (exact) mass is 481 g/mol. The van der Waals surface area contributed by atoms with E-state index in [9.17, 15) is 19.7 Å². The highest BCUT2D eigenvalue weighted by atomic mass is 32.2. The van der Waals surface area contributed by atoms with Gasteiger partial charge in [-0.3, -0.25) is 19.7 Å². The highest BCUT2D eigenvalue weighted by molar-refractivity contribution is 8.00. The summed E-state index contributed by atoms with van der Waals surface area (Å²) in [5.74, 6) is 0.257. The molecule has 0 saturated carbocycles. The summed E-state index contributed by atoms with van der Waals surface area (Å²) in [4.78, 5) is 36.4. The second kappa shape index (κ2) is 11.2. The van der Waals surface area contributed by atoms with Crippen LogP contribution in [0.1, 0.15) is 15.9 Å². The van der Waals surface area contributed by atoms with Gasteiger partial charge in [0.1, 0.15) is 17.1 Å². The lowest BCUT2D eigenvalue weighted by atomic mass is 10.1. The maximum absolute atomic E-state index is 12.9. The van der Waals surface area contributed by atoms with Crippen LogP contribution in [0.3, 0.4) is 0 Å². The van der Waals surface area contributed by atoms with Crippen LogP contribution in [0.15, 0.2) is 65.6 Å². The summed E-state index contributed by atoms with van der Waals surface area (Å²) in [6, 6.07) is 16.4. The lowest BCUT2D eigenvalue weighted by molar-refractivity contribution is -0.384. The fraction of sp³-hybridized carbons (Fsp3) is 0.167. The van der Waals surface area contributed by atoms with Gasteiger partial charge < -0.3 is 20.1 Å². The number of rotatable bonds is 9. The molecule has 0 heterocycles. The molecule has 0 spiro atoms. The third-order valence-electron chi connectivity index (χ3n) is 4.81. The Morgan fingerprint density at radius 2 is 1.65 bits per heavy atom. The van der Waals surface area contributed by atoms with E-state index in [2.05, 4.69) is 10.6 Å². The molecular weight excluding hydrogens is 458 g/mol. The lowest BCUT2D eigenvalue weighted by Gasteiger charge is -2.13. The molecule has 0 radical (unpaired) electrons. The molecule has 0 aliphatic carbocycles. The number of non-ortho nitro benzene ring substituents is 1. The number of ether oxygens (including phenoxy) is 2. The first-order chi connectivity index (χ1) is 16.3. The van der Waals surface area contributed by atoms with Crippen molar-refractivity contribution < 1.29 is 24.0 Å². The molecule has 176 valence electrons. The molecule has 0 fully saturated rings. The van der Waals surface area contributed by atoms with Crippen molar-refractivity contribution in [1.82, 2.24) is 0 Å². The molecule has 0 atom stereocenters. The molecule has 0 unspecified atom stereocenters. The van der Waals surface area contributed by atoms with Crippen molar-refractivity contribution in [3.05, 3.63) is 81.9 Å². The number of amides is 2. The fourth-order valence-corrected chi connectivity index (χ4v) is 3.92. The van der Waals surface area contributed by atoms with E-state index in [1.54, 1.807) is 43.3 Å². The van der Waals surface area contributed by atoms with E-state index in [1.807, 2.05) is 6.07 Å². The molecule has 0 saturated heterocycles. The van der Waals surface area contributed by atoms with Gasteiger partial charge in [-0.15, -0.1) is 11.8 Å². The Morgan fingerprint density at radius 3 is 2.26 bits per heavy atom. The van der Waals surface area contributed by atoms with E-state index >= 15 is 0 Å². The molecule has 3 aromatic rings. The summed E-state index contributed by atoms with van der Waals surface area (Å²) >= 11 is 1.29. The number of aryl methyl sites for hydroxylation is 1. The van der Waals surface area contributed by atoms with Crippen LogP contribution in [0.2, 0.25) is 0 Å². The smallest absolute Gasteiger partial charge is 0.269 e. The van der Waals surface area contributed by atoms with Crippen LogP contribution in [-0.2, 0) is 4.79 Å². The number of thioether (sulfide) groups is 1. The molecule has 2 N–H and O–H groups in total.